The zero-order valence-electron chi connectivity index (χ0n) is 11.2. The van der Waals surface area contributed by atoms with Gasteiger partial charge in [-0.05, 0) is 18.4 Å². The summed E-state index contributed by atoms with van der Waals surface area (Å²) < 4.78 is 0. The number of carbonyl (C=O) groups is 1. The van der Waals surface area contributed by atoms with E-state index < -0.39 is 6.04 Å². The first-order chi connectivity index (χ1) is 9.24. The van der Waals surface area contributed by atoms with Crippen LogP contribution in [-0.2, 0) is 4.79 Å². The molecule has 104 valence electrons. The lowest BCUT2D eigenvalue weighted by Gasteiger charge is -2.31. The third-order valence-electron chi connectivity index (χ3n) is 3.80. The van der Waals surface area contributed by atoms with E-state index in [4.69, 9.17) is 5.73 Å². The number of hydrogen-bond donors (Lipinski definition) is 2. The van der Waals surface area contributed by atoms with Gasteiger partial charge in [0.15, 0.2) is 0 Å². The molecule has 1 unspecified atom stereocenters. The number of carbonyl (C=O) groups excluding carboxylic acids is 1. The van der Waals surface area contributed by atoms with Crippen molar-refractivity contribution >= 4 is 5.91 Å². The summed E-state index contributed by atoms with van der Waals surface area (Å²) in [5.74, 6) is -0.0767. The van der Waals surface area contributed by atoms with Crippen molar-refractivity contribution in [1.29, 1.82) is 0 Å². The van der Waals surface area contributed by atoms with E-state index in [1.165, 1.54) is 0 Å². The lowest BCUT2D eigenvalue weighted by Crippen LogP contribution is -2.46. The van der Waals surface area contributed by atoms with E-state index in [1.807, 2.05) is 30.3 Å². The molecule has 0 spiro atoms. The van der Waals surface area contributed by atoms with Crippen LogP contribution in [0.1, 0.15) is 37.3 Å². The number of likely N-dealkylation sites (tertiary alicyclic amines) is 1. The van der Waals surface area contributed by atoms with Crippen molar-refractivity contribution in [2.45, 2.75) is 37.8 Å². The molecule has 3 N–H and O–H groups in total. The lowest BCUT2D eigenvalue weighted by molar-refractivity contribution is -0.136. The van der Waals surface area contributed by atoms with Gasteiger partial charge in [-0.15, -0.1) is 0 Å². The minimum absolute atomic E-state index is 0.0211. The van der Waals surface area contributed by atoms with Gasteiger partial charge >= 0.3 is 0 Å². The number of rotatable bonds is 3. The van der Waals surface area contributed by atoms with Crippen molar-refractivity contribution in [1.82, 2.24) is 4.90 Å². The van der Waals surface area contributed by atoms with Crippen LogP contribution >= 0.6 is 0 Å². The molecule has 0 aliphatic carbocycles. The molecule has 0 saturated carbocycles. The maximum atomic E-state index is 12.5. The largest absolute Gasteiger partial charge is 0.394 e. The summed E-state index contributed by atoms with van der Waals surface area (Å²) in [7, 11) is 0. The number of hydrogen-bond acceptors (Lipinski definition) is 3. The van der Waals surface area contributed by atoms with Gasteiger partial charge in [0.1, 0.15) is 6.04 Å². The van der Waals surface area contributed by atoms with Crippen LogP contribution in [-0.4, -0.2) is 35.1 Å². The maximum absolute atomic E-state index is 12.5. The normalized spacial score (nSPS) is 21.8. The minimum atomic E-state index is -0.631. The first-order valence-electron chi connectivity index (χ1n) is 6.96. The molecule has 1 aromatic rings. The Hall–Kier alpha value is -1.39. The average Bonchev–Trinajstić information content (AvgIpc) is 2.71. The maximum Gasteiger partial charge on any atom is 0.244 e. The summed E-state index contributed by atoms with van der Waals surface area (Å²) in [5, 5.41) is 9.45. The highest BCUT2D eigenvalue weighted by Crippen LogP contribution is 2.21. The van der Waals surface area contributed by atoms with Crippen molar-refractivity contribution in [2.24, 2.45) is 5.73 Å². The summed E-state index contributed by atoms with van der Waals surface area (Å²) in [6.45, 7) is 0.720. The van der Waals surface area contributed by atoms with Gasteiger partial charge < -0.3 is 15.7 Å². The van der Waals surface area contributed by atoms with Gasteiger partial charge in [0.2, 0.25) is 5.91 Å². The fraction of sp³-hybridized carbons (Fsp3) is 0.533. The molecule has 1 aliphatic rings. The summed E-state index contributed by atoms with van der Waals surface area (Å²) in [6.07, 6.45) is 4.03. The smallest absolute Gasteiger partial charge is 0.244 e. The zero-order chi connectivity index (χ0) is 13.7. The molecule has 2 rings (SSSR count). The molecule has 1 fully saturated rings. The summed E-state index contributed by atoms with van der Waals surface area (Å²) in [6, 6.07) is 8.70. The third-order valence-corrected chi connectivity index (χ3v) is 3.80. The molecule has 1 aliphatic heterocycles. The van der Waals surface area contributed by atoms with Crippen LogP contribution in [0.2, 0.25) is 0 Å². The van der Waals surface area contributed by atoms with Crippen LogP contribution in [0.25, 0.3) is 0 Å². The molecule has 19 heavy (non-hydrogen) atoms. The van der Waals surface area contributed by atoms with Gasteiger partial charge in [0.25, 0.3) is 0 Å². The summed E-state index contributed by atoms with van der Waals surface area (Å²) in [4.78, 5) is 14.3. The standard InChI is InChI=1S/C15H22N2O2/c16-14(12-7-3-1-4-8-12)15(19)17-10-6-2-5-9-13(17)11-18/h1,3-4,7-8,13-14,18H,2,5-6,9-11,16H2/t13?,14-/m0/s1. The van der Waals surface area contributed by atoms with Gasteiger partial charge in [-0.1, -0.05) is 43.2 Å². The molecule has 1 heterocycles. The predicted molar refractivity (Wildman–Crippen MR) is 74.4 cm³/mol. The number of nitrogens with two attached hydrogens (primary N) is 1. The van der Waals surface area contributed by atoms with Gasteiger partial charge in [0, 0.05) is 6.54 Å². The van der Waals surface area contributed by atoms with E-state index in [1.54, 1.807) is 4.90 Å². The molecule has 2 atom stereocenters. The second-order valence-electron chi connectivity index (χ2n) is 5.11. The highest BCUT2D eigenvalue weighted by atomic mass is 16.3. The zero-order valence-corrected chi connectivity index (χ0v) is 11.2. The molecular formula is C15H22N2O2. The molecule has 0 aromatic heterocycles. The van der Waals surface area contributed by atoms with E-state index in [2.05, 4.69) is 0 Å². The van der Waals surface area contributed by atoms with E-state index in [0.717, 1.165) is 31.2 Å². The Morgan fingerprint density at radius 1 is 1.32 bits per heavy atom. The average molecular weight is 262 g/mol. The molecule has 1 aromatic carbocycles. The van der Waals surface area contributed by atoms with Crippen LogP contribution in [0, 0.1) is 0 Å². The monoisotopic (exact) mass is 262 g/mol. The number of amides is 1. The fourth-order valence-corrected chi connectivity index (χ4v) is 2.64. The van der Waals surface area contributed by atoms with Crippen LogP contribution in [0.4, 0.5) is 0 Å². The topological polar surface area (TPSA) is 66.6 Å². The van der Waals surface area contributed by atoms with Crippen LogP contribution in [0.5, 0.6) is 0 Å². The van der Waals surface area contributed by atoms with Crippen molar-refractivity contribution in [3.8, 4) is 0 Å². The fourth-order valence-electron chi connectivity index (χ4n) is 2.64. The van der Waals surface area contributed by atoms with Gasteiger partial charge in [-0.25, -0.2) is 0 Å². The molecular weight excluding hydrogens is 240 g/mol. The number of nitrogens with zero attached hydrogens (tertiary/aromatic N) is 1. The number of aliphatic hydroxyl groups is 1. The van der Waals surface area contributed by atoms with Crippen molar-refractivity contribution in [2.75, 3.05) is 13.2 Å². The van der Waals surface area contributed by atoms with E-state index >= 15 is 0 Å². The molecule has 1 amide bonds. The molecule has 0 radical (unpaired) electrons. The van der Waals surface area contributed by atoms with Crippen LogP contribution < -0.4 is 5.73 Å². The Balaban J connectivity index is 2.12. The second-order valence-corrected chi connectivity index (χ2v) is 5.11. The summed E-state index contributed by atoms with van der Waals surface area (Å²) >= 11 is 0. The predicted octanol–water partition coefficient (Wildman–Crippen LogP) is 1.45. The van der Waals surface area contributed by atoms with Gasteiger partial charge in [-0.2, -0.15) is 0 Å². The van der Waals surface area contributed by atoms with Crippen molar-refractivity contribution in [3.63, 3.8) is 0 Å². The van der Waals surface area contributed by atoms with Crippen LogP contribution in [0.15, 0.2) is 30.3 Å². The van der Waals surface area contributed by atoms with E-state index in [0.29, 0.717) is 6.54 Å². The van der Waals surface area contributed by atoms with Crippen LogP contribution in [0.3, 0.4) is 0 Å². The molecule has 1 saturated heterocycles. The van der Waals surface area contributed by atoms with Crippen molar-refractivity contribution < 1.29 is 9.90 Å². The Morgan fingerprint density at radius 2 is 2.05 bits per heavy atom. The first kappa shape index (κ1) is 14.0. The minimum Gasteiger partial charge on any atom is -0.394 e. The summed E-state index contributed by atoms with van der Waals surface area (Å²) in [5.41, 5.74) is 6.89. The Bertz CT molecular complexity index is 408. The number of benzene rings is 1. The molecule has 4 heteroatoms. The Kier molecular flexibility index (Phi) is 4.93. The third kappa shape index (κ3) is 3.33. The quantitative estimate of drug-likeness (QED) is 0.866. The van der Waals surface area contributed by atoms with Gasteiger partial charge in [0.05, 0.1) is 12.6 Å². The second kappa shape index (κ2) is 6.68. The van der Waals surface area contributed by atoms with E-state index in [9.17, 15) is 9.90 Å². The highest BCUT2D eigenvalue weighted by Gasteiger charge is 2.29. The Morgan fingerprint density at radius 3 is 2.74 bits per heavy atom. The van der Waals surface area contributed by atoms with Gasteiger partial charge in [-0.3, -0.25) is 4.79 Å². The Labute approximate surface area is 114 Å². The lowest BCUT2D eigenvalue weighted by atomic mass is 10.0. The van der Waals surface area contributed by atoms with E-state index in [-0.39, 0.29) is 18.6 Å². The highest BCUT2D eigenvalue weighted by molar-refractivity contribution is 5.83. The SMILES string of the molecule is N[C@H](C(=O)N1CCCCCC1CO)c1ccccc1. The number of aliphatic hydroxyl groups excluding tert-OH is 1. The van der Waals surface area contributed by atoms with Crippen molar-refractivity contribution in [3.05, 3.63) is 35.9 Å². The molecule has 0 bridgehead atoms. The molecule has 4 nitrogen and oxygen atoms in total. The first-order valence-corrected chi connectivity index (χ1v) is 6.96.